The first-order chi connectivity index (χ1) is 17.2. The predicted molar refractivity (Wildman–Crippen MR) is 106 cm³/mol. The zero-order chi connectivity index (χ0) is 29.7. The molecule has 0 bridgehead atoms. The van der Waals surface area contributed by atoms with E-state index in [1.54, 1.807) is 0 Å². The molecule has 1 aromatic carbocycles. The number of hydrogen-bond acceptors (Lipinski definition) is 9. The molecule has 0 aliphatic heterocycles. The summed E-state index contributed by atoms with van der Waals surface area (Å²) in [6.45, 7) is 3.54. The Balaban J connectivity index is 3.26. The average Bonchev–Trinajstić information content (AvgIpc) is 2.80. The van der Waals surface area contributed by atoms with E-state index >= 15 is 0 Å². The number of carbonyl (C=O) groups excluding carboxylic acids is 2. The van der Waals surface area contributed by atoms with Gasteiger partial charge in [0.25, 0.3) is 0 Å². The Labute approximate surface area is 207 Å². The summed E-state index contributed by atoms with van der Waals surface area (Å²) in [6, 6.07) is 4.97. The van der Waals surface area contributed by atoms with Gasteiger partial charge in [-0.2, -0.15) is 53.2 Å². The Morgan fingerprint density at radius 3 is 1.92 bits per heavy atom. The largest absolute Gasteiger partial charge is 0.460 e. The maximum Gasteiger partial charge on any atom is 0.460 e. The van der Waals surface area contributed by atoms with Crippen LogP contribution in [-0.4, -0.2) is 62.6 Å². The van der Waals surface area contributed by atoms with Crippen LogP contribution < -0.4 is 0 Å². The second-order valence-corrected chi connectivity index (χ2v) is 8.41. The quantitative estimate of drug-likeness (QED) is 0.0954. The minimum Gasteiger partial charge on any atom is -0.459 e. The number of benzene rings is 1. The Morgan fingerprint density at radius 2 is 1.45 bits per heavy atom. The lowest BCUT2D eigenvalue weighted by molar-refractivity contribution is -0.382. The van der Waals surface area contributed by atoms with Gasteiger partial charge in [-0.1, -0.05) is 29.9 Å². The molecule has 19 heteroatoms. The molecule has 0 aliphatic rings. The van der Waals surface area contributed by atoms with Crippen molar-refractivity contribution >= 4 is 27.8 Å². The molecule has 0 radical (unpaired) electrons. The van der Waals surface area contributed by atoms with Crippen LogP contribution in [0.15, 0.2) is 41.6 Å². The molecule has 1 rings (SSSR count). The number of halogens is 9. The van der Waals surface area contributed by atoms with Crippen LogP contribution in [0.4, 0.5) is 39.5 Å². The summed E-state index contributed by atoms with van der Waals surface area (Å²) in [5.74, 6) is -17.3. The number of alkyl halides is 9. The van der Waals surface area contributed by atoms with Gasteiger partial charge in [-0.25, -0.2) is 9.59 Å². The highest BCUT2D eigenvalue weighted by atomic mass is 32.2. The number of rotatable bonds is 11. The first kappa shape index (κ1) is 32.2. The fourth-order valence-corrected chi connectivity index (χ4v) is 2.83. The molecule has 0 N–H and O–H groups in total. The van der Waals surface area contributed by atoms with Gasteiger partial charge in [0.1, 0.15) is 19.3 Å². The van der Waals surface area contributed by atoms with Gasteiger partial charge < -0.3 is 9.47 Å². The first-order valence-corrected chi connectivity index (χ1v) is 10.8. The molecule has 0 saturated carbocycles. The van der Waals surface area contributed by atoms with Crippen molar-refractivity contribution in [2.75, 3.05) is 13.2 Å². The van der Waals surface area contributed by atoms with E-state index in [0.29, 0.717) is 0 Å². The fraction of sp³-hybridized carbons (Fsp3) is 0.368. The van der Waals surface area contributed by atoms with Crippen LogP contribution in [0.5, 0.6) is 0 Å². The summed E-state index contributed by atoms with van der Waals surface area (Å²) in [4.78, 5) is 23.5. The van der Waals surface area contributed by atoms with Crippen LogP contribution in [-0.2, 0) is 28.7 Å². The van der Waals surface area contributed by atoms with Crippen molar-refractivity contribution in [2.24, 2.45) is 5.16 Å². The van der Waals surface area contributed by atoms with E-state index in [-0.39, 0.29) is 5.57 Å². The predicted octanol–water partition coefficient (Wildman–Crippen LogP) is 3.96. The highest BCUT2D eigenvalue weighted by Crippen LogP contribution is 2.54. The number of nitriles is 1. The summed E-state index contributed by atoms with van der Waals surface area (Å²) in [5, 5.41) is 4.24. The summed E-state index contributed by atoms with van der Waals surface area (Å²) in [6.07, 6.45) is -7.31. The van der Waals surface area contributed by atoms with Crippen LogP contribution >= 0.6 is 0 Å². The Hall–Kier alpha value is -3.82. The van der Waals surface area contributed by atoms with Crippen LogP contribution in [0.3, 0.4) is 0 Å². The minimum atomic E-state index is -7.59. The molecule has 210 valence electrons. The fourth-order valence-electron chi connectivity index (χ4n) is 2.12. The topological polar surface area (TPSA) is 132 Å². The monoisotopic (exact) mass is 584 g/mol. The molecule has 0 amide bonds. The molecule has 0 atom stereocenters. The summed E-state index contributed by atoms with van der Waals surface area (Å²) in [5.41, 5.74) is -2.76. The van der Waals surface area contributed by atoms with E-state index in [1.165, 1.54) is 6.92 Å². The van der Waals surface area contributed by atoms with Crippen LogP contribution in [0.25, 0.3) is 0 Å². The molecule has 0 saturated heterocycles. The molecule has 9 nitrogen and oxygen atoms in total. The molecule has 0 heterocycles. The number of esters is 2. The molecule has 1 aromatic rings. The molecule has 0 spiro atoms. The molecule has 38 heavy (non-hydrogen) atoms. The Bertz CT molecular complexity index is 1270. The third-order valence-corrected chi connectivity index (χ3v) is 5.22. The molecular formula is C19H13F9N2O7S. The number of nitrogens with zero attached hydrogens (tertiary/aromatic N) is 2. The van der Waals surface area contributed by atoms with Crippen molar-refractivity contribution in [3.63, 3.8) is 0 Å². The van der Waals surface area contributed by atoms with Gasteiger partial charge in [0.15, 0.2) is 5.71 Å². The Kier molecular flexibility index (Phi) is 9.56. The zero-order valence-electron chi connectivity index (χ0n) is 18.5. The van der Waals surface area contributed by atoms with Crippen molar-refractivity contribution in [2.45, 2.75) is 30.2 Å². The van der Waals surface area contributed by atoms with Crippen molar-refractivity contribution in [3.05, 3.63) is 47.5 Å². The van der Waals surface area contributed by atoms with Gasteiger partial charge >= 0.3 is 45.3 Å². The summed E-state index contributed by atoms with van der Waals surface area (Å²) < 4.78 is 152. The normalized spacial score (nSPS) is 13.3. The third kappa shape index (κ3) is 6.35. The van der Waals surface area contributed by atoms with E-state index < -0.39 is 75.4 Å². The summed E-state index contributed by atoms with van der Waals surface area (Å²) >= 11 is 0. The van der Waals surface area contributed by atoms with Gasteiger partial charge in [-0.05, 0) is 13.0 Å². The summed E-state index contributed by atoms with van der Waals surface area (Å²) in [7, 11) is -7.41. The van der Waals surface area contributed by atoms with Gasteiger partial charge in [0.2, 0.25) is 0 Å². The molecular weight excluding hydrogens is 571 g/mol. The van der Waals surface area contributed by atoms with Gasteiger partial charge in [-0.15, -0.1) is 0 Å². The smallest absolute Gasteiger partial charge is 0.459 e. The van der Waals surface area contributed by atoms with Crippen molar-refractivity contribution in [1.82, 2.24) is 0 Å². The molecule has 0 aliphatic carbocycles. The van der Waals surface area contributed by atoms with E-state index in [2.05, 4.69) is 20.8 Å². The van der Waals surface area contributed by atoms with Gasteiger partial charge in [0, 0.05) is 11.1 Å². The SMILES string of the molecule is C=C(C)C(=O)OCCOC(=O)c1ccccc1/C(C#N)=N\OS(=O)(=O)C(F)(F)C(F)(F)C(F)(F)C(F)(F)F. The van der Waals surface area contributed by atoms with E-state index in [0.717, 1.165) is 30.3 Å². The second kappa shape index (κ2) is 11.3. The van der Waals surface area contributed by atoms with Crippen molar-refractivity contribution < 1.29 is 71.3 Å². The second-order valence-electron chi connectivity index (χ2n) is 6.84. The highest BCUT2D eigenvalue weighted by Gasteiger charge is 2.86. The third-order valence-electron chi connectivity index (χ3n) is 4.06. The number of ether oxygens (including phenoxy) is 2. The minimum absolute atomic E-state index is 0.0111. The van der Waals surface area contributed by atoms with Gasteiger partial charge in [-0.3, -0.25) is 4.28 Å². The lowest BCUT2D eigenvalue weighted by Gasteiger charge is -2.31. The van der Waals surface area contributed by atoms with E-state index in [9.17, 15) is 57.5 Å². The van der Waals surface area contributed by atoms with Crippen molar-refractivity contribution in [1.29, 1.82) is 5.26 Å². The maximum absolute atomic E-state index is 13.7. The Morgan fingerprint density at radius 1 is 0.947 bits per heavy atom. The lowest BCUT2D eigenvalue weighted by Crippen LogP contribution is -2.63. The van der Waals surface area contributed by atoms with Crippen molar-refractivity contribution in [3.8, 4) is 6.07 Å². The van der Waals surface area contributed by atoms with E-state index in [4.69, 9.17) is 10.00 Å². The zero-order valence-corrected chi connectivity index (χ0v) is 19.3. The maximum atomic E-state index is 13.7. The molecule has 0 fully saturated rings. The highest BCUT2D eigenvalue weighted by molar-refractivity contribution is 7.87. The molecule has 0 aromatic heterocycles. The lowest BCUT2D eigenvalue weighted by atomic mass is 10.0. The standard InChI is InChI=1S/C19H13F9N2O7S/c1-10(2)14(31)35-7-8-36-15(32)12-6-4-3-5-11(12)13(9-29)30-37-38(33,34)19(27,28)17(22,23)16(20,21)18(24,25)26/h3-6H,1,7-8H2,2H3/b30-13-. The van der Waals surface area contributed by atoms with Gasteiger partial charge in [0.05, 0.1) is 5.56 Å². The van der Waals surface area contributed by atoms with Crippen LogP contribution in [0, 0.1) is 11.3 Å². The first-order valence-electron chi connectivity index (χ1n) is 9.36. The molecule has 0 unspecified atom stereocenters. The number of hydrogen-bond donors (Lipinski definition) is 0. The van der Waals surface area contributed by atoms with Crippen LogP contribution in [0.1, 0.15) is 22.8 Å². The average molecular weight is 584 g/mol. The number of oxime groups is 1. The number of carbonyl (C=O) groups is 2. The van der Waals surface area contributed by atoms with E-state index in [1.807, 2.05) is 0 Å². The van der Waals surface area contributed by atoms with Crippen LogP contribution in [0.2, 0.25) is 0 Å².